The molecule has 0 saturated carbocycles. The second-order valence-corrected chi connectivity index (χ2v) is 5.77. The summed E-state index contributed by atoms with van der Waals surface area (Å²) in [5.41, 5.74) is 4.96. The molecule has 0 spiro atoms. The van der Waals surface area contributed by atoms with Crippen LogP contribution in [0, 0.1) is 26.6 Å². The summed E-state index contributed by atoms with van der Waals surface area (Å²) in [5, 5.41) is 2.63. The maximum absolute atomic E-state index is 12.9. The molecule has 126 valence electrons. The highest BCUT2D eigenvalue weighted by atomic mass is 19.1. The van der Waals surface area contributed by atoms with Crippen molar-refractivity contribution in [1.82, 2.24) is 15.0 Å². The lowest BCUT2D eigenvalue weighted by Crippen LogP contribution is -2.16. The summed E-state index contributed by atoms with van der Waals surface area (Å²) in [6.07, 6.45) is 4.56. The van der Waals surface area contributed by atoms with Gasteiger partial charge in [-0.25, -0.2) is 14.4 Å². The summed E-state index contributed by atoms with van der Waals surface area (Å²) < 4.78 is 12.9. The first-order valence-corrected chi connectivity index (χ1v) is 7.78. The van der Waals surface area contributed by atoms with Crippen molar-refractivity contribution in [3.05, 3.63) is 71.2 Å². The third-order valence-corrected chi connectivity index (χ3v) is 4.05. The normalized spacial score (nSPS) is 10.6. The van der Waals surface area contributed by atoms with E-state index in [0.717, 1.165) is 34.1 Å². The predicted octanol–water partition coefficient (Wildman–Crippen LogP) is 3.86. The van der Waals surface area contributed by atoms with E-state index >= 15 is 0 Å². The van der Waals surface area contributed by atoms with Gasteiger partial charge in [-0.05, 0) is 61.7 Å². The molecule has 3 aromatic rings. The van der Waals surface area contributed by atoms with E-state index in [1.165, 1.54) is 12.1 Å². The quantitative estimate of drug-likeness (QED) is 0.789. The zero-order valence-corrected chi connectivity index (χ0v) is 14.2. The van der Waals surface area contributed by atoms with Crippen molar-refractivity contribution >= 4 is 11.7 Å². The van der Waals surface area contributed by atoms with Crippen LogP contribution in [0.4, 0.5) is 10.2 Å². The summed E-state index contributed by atoms with van der Waals surface area (Å²) in [5.74, 6) is -0.591. The molecule has 3 heterocycles. The molecular formula is C19H17FN4O. The molecule has 0 saturated heterocycles. The van der Waals surface area contributed by atoms with Gasteiger partial charge in [-0.3, -0.25) is 9.78 Å². The van der Waals surface area contributed by atoms with Crippen LogP contribution in [0.1, 0.15) is 27.3 Å². The molecule has 0 atom stereocenters. The number of rotatable bonds is 3. The van der Waals surface area contributed by atoms with Gasteiger partial charge >= 0.3 is 0 Å². The van der Waals surface area contributed by atoms with Crippen molar-refractivity contribution in [2.24, 2.45) is 0 Å². The van der Waals surface area contributed by atoms with Crippen molar-refractivity contribution < 1.29 is 9.18 Å². The van der Waals surface area contributed by atoms with E-state index in [0.29, 0.717) is 0 Å². The monoisotopic (exact) mass is 336 g/mol. The number of amides is 1. The van der Waals surface area contributed by atoms with Crippen molar-refractivity contribution in [2.75, 3.05) is 5.32 Å². The van der Waals surface area contributed by atoms with Gasteiger partial charge in [0.25, 0.3) is 5.91 Å². The second kappa shape index (κ2) is 6.76. The van der Waals surface area contributed by atoms with Crippen LogP contribution in [0.25, 0.3) is 11.1 Å². The number of aryl methyl sites for hydroxylation is 2. The third-order valence-electron chi connectivity index (χ3n) is 4.05. The lowest BCUT2D eigenvalue weighted by Gasteiger charge is -2.13. The van der Waals surface area contributed by atoms with Crippen LogP contribution in [-0.2, 0) is 0 Å². The van der Waals surface area contributed by atoms with Crippen molar-refractivity contribution in [3.63, 3.8) is 0 Å². The molecule has 6 heteroatoms. The van der Waals surface area contributed by atoms with E-state index in [4.69, 9.17) is 0 Å². The molecular weight excluding hydrogens is 319 g/mol. The van der Waals surface area contributed by atoms with Crippen molar-refractivity contribution in [1.29, 1.82) is 0 Å². The van der Waals surface area contributed by atoms with E-state index < -0.39 is 11.7 Å². The maximum atomic E-state index is 12.9. The molecule has 5 nitrogen and oxygen atoms in total. The Labute approximate surface area is 145 Å². The molecule has 0 bridgehead atoms. The highest BCUT2D eigenvalue weighted by Crippen LogP contribution is 2.28. The van der Waals surface area contributed by atoms with E-state index in [2.05, 4.69) is 20.3 Å². The molecule has 3 aromatic heterocycles. The number of carbonyl (C=O) groups excluding carboxylic acids is 1. The summed E-state index contributed by atoms with van der Waals surface area (Å²) in [6.45, 7) is 5.82. The molecule has 25 heavy (non-hydrogen) atoms. The first-order chi connectivity index (χ1) is 12.0. The fourth-order valence-electron chi connectivity index (χ4n) is 2.51. The number of aromatic nitrogens is 3. The Morgan fingerprint density at radius 3 is 2.56 bits per heavy atom. The van der Waals surface area contributed by atoms with Gasteiger partial charge in [0.2, 0.25) is 0 Å². The molecule has 0 aliphatic carbocycles. The van der Waals surface area contributed by atoms with Crippen LogP contribution in [0.2, 0.25) is 0 Å². The number of anilines is 1. The lowest BCUT2D eigenvalue weighted by atomic mass is 9.97. The predicted molar refractivity (Wildman–Crippen MR) is 93.8 cm³/mol. The maximum Gasteiger partial charge on any atom is 0.275 e. The van der Waals surface area contributed by atoms with Gasteiger partial charge in [0.15, 0.2) is 0 Å². The Hall–Kier alpha value is -3.15. The van der Waals surface area contributed by atoms with E-state index in [1.54, 1.807) is 18.5 Å². The number of nitrogens with zero attached hydrogens (tertiary/aromatic N) is 3. The van der Waals surface area contributed by atoms with Gasteiger partial charge in [-0.2, -0.15) is 0 Å². The smallest absolute Gasteiger partial charge is 0.275 e. The highest BCUT2D eigenvalue weighted by Gasteiger charge is 2.15. The van der Waals surface area contributed by atoms with E-state index in [1.807, 2.05) is 26.8 Å². The van der Waals surface area contributed by atoms with Gasteiger partial charge in [0.1, 0.15) is 17.3 Å². The van der Waals surface area contributed by atoms with Gasteiger partial charge < -0.3 is 5.32 Å². The van der Waals surface area contributed by atoms with Crippen molar-refractivity contribution in [2.45, 2.75) is 20.8 Å². The number of carbonyl (C=O) groups is 1. The van der Waals surface area contributed by atoms with Crippen LogP contribution in [0.3, 0.4) is 0 Å². The Kier molecular flexibility index (Phi) is 4.52. The average Bonchev–Trinajstić information content (AvgIpc) is 2.60. The van der Waals surface area contributed by atoms with Crippen LogP contribution < -0.4 is 5.32 Å². The summed E-state index contributed by atoms with van der Waals surface area (Å²) >= 11 is 0. The van der Waals surface area contributed by atoms with Gasteiger partial charge in [-0.15, -0.1) is 0 Å². The molecule has 0 aromatic carbocycles. The zero-order chi connectivity index (χ0) is 18.0. The van der Waals surface area contributed by atoms with Gasteiger partial charge in [0, 0.05) is 23.7 Å². The zero-order valence-electron chi connectivity index (χ0n) is 14.2. The molecule has 1 amide bonds. The molecule has 3 rings (SSSR count). The molecule has 0 fully saturated rings. The summed E-state index contributed by atoms with van der Waals surface area (Å²) in [4.78, 5) is 24.9. The first-order valence-electron chi connectivity index (χ1n) is 7.78. The molecule has 0 aliphatic heterocycles. The molecule has 0 aliphatic rings. The van der Waals surface area contributed by atoms with E-state index in [9.17, 15) is 9.18 Å². The number of nitrogens with one attached hydrogen (secondary N) is 1. The Balaban J connectivity index is 1.98. The number of hydrogen-bond donors (Lipinski definition) is 1. The number of pyridine rings is 3. The van der Waals surface area contributed by atoms with E-state index in [-0.39, 0.29) is 11.5 Å². The van der Waals surface area contributed by atoms with Gasteiger partial charge in [0.05, 0.1) is 6.20 Å². The SMILES string of the molecule is Cc1ccncc1-c1cc(C(=O)Nc2ccc(F)cn2)nc(C)c1C. The summed E-state index contributed by atoms with van der Waals surface area (Å²) in [7, 11) is 0. The van der Waals surface area contributed by atoms with Crippen LogP contribution in [0.15, 0.2) is 42.9 Å². The topological polar surface area (TPSA) is 67.8 Å². The Morgan fingerprint density at radius 2 is 1.88 bits per heavy atom. The minimum absolute atomic E-state index is 0.269. The van der Waals surface area contributed by atoms with Crippen LogP contribution >= 0.6 is 0 Å². The largest absolute Gasteiger partial charge is 0.305 e. The average molecular weight is 336 g/mol. The molecule has 1 N–H and O–H groups in total. The number of halogens is 1. The molecule has 0 unspecified atom stereocenters. The van der Waals surface area contributed by atoms with Gasteiger partial charge in [-0.1, -0.05) is 0 Å². The summed E-state index contributed by atoms with van der Waals surface area (Å²) in [6, 6.07) is 6.30. The minimum Gasteiger partial charge on any atom is -0.305 e. The standard InChI is InChI=1S/C19H17FN4O/c1-11-6-7-21-10-16(11)15-8-17(23-13(3)12(15)2)19(25)24-18-5-4-14(20)9-22-18/h4-10H,1-3H3,(H,22,24,25). The lowest BCUT2D eigenvalue weighted by molar-refractivity contribution is 0.102. The Bertz CT molecular complexity index is 939. The third kappa shape index (κ3) is 3.52. The fraction of sp³-hybridized carbons (Fsp3) is 0.158. The highest BCUT2D eigenvalue weighted by molar-refractivity contribution is 6.03. The fourth-order valence-corrected chi connectivity index (χ4v) is 2.51. The molecule has 0 radical (unpaired) electrons. The second-order valence-electron chi connectivity index (χ2n) is 5.77. The number of hydrogen-bond acceptors (Lipinski definition) is 4. The minimum atomic E-state index is -0.461. The van der Waals surface area contributed by atoms with Crippen LogP contribution in [-0.4, -0.2) is 20.9 Å². The first kappa shape index (κ1) is 16.7. The van der Waals surface area contributed by atoms with Crippen molar-refractivity contribution in [3.8, 4) is 11.1 Å². The van der Waals surface area contributed by atoms with Crippen LogP contribution in [0.5, 0.6) is 0 Å². The Morgan fingerprint density at radius 1 is 1.08 bits per heavy atom.